The van der Waals surface area contributed by atoms with Gasteiger partial charge in [-0.15, -0.1) is 0 Å². The minimum atomic E-state index is -2.39. The van der Waals surface area contributed by atoms with Crippen molar-refractivity contribution >= 4 is 16.9 Å². The van der Waals surface area contributed by atoms with E-state index < -0.39 is 29.5 Å². The second kappa shape index (κ2) is 3.17. The Bertz CT molecular complexity index is 752. The Morgan fingerprint density at radius 2 is 2.00 bits per heavy atom. The molecule has 0 saturated heterocycles. The summed E-state index contributed by atoms with van der Waals surface area (Å²) >= 11 is 0. The van der Waals surface area contributed by atoms with Crippen molar-refractivity contribution in [3.05, 3.63) is 46.0 Å². The lowest BCUT2D eigenvalue weighted by molar-refractivity contribution is -0.160. The molecule has 6 heteroatoms. The number of hydrogen-bond donors (Lipinski definition) is 2. The topological polar surface area (TPSA) is 79.5 Å². The average molecular weight is 249 g/mol. The van der Waals surface area contributed by atoms with Crippen LogP contribution in [-0.4, -0.2) is 20.7 Å². The molecule has 1 aliphatic rings. The lowest BCUT2D eigenvalue weighted by Gasteiger charge is -2.17. The van der Waals surface area contributed by atoms with Gasteiger partial charge in [0.1, 0.15) is 5.82 Å². The molecule has 0 bridgehead atoms. The maximum absolute atomic E-state index is 13.8. The molecule has 0 saturated carbocycles. The second-order valence-electron chi connectivity index (χ2n) is 4.28. The number of halogens is 1. The zero-order valence-corrected chi connectivity index (χ0v) is 9.05. The summed E-state index contributed by atoms with van der Waals surface area (Å²) in [7, 11) is 0. The maximum atomic E-state index is 13.8. The van der Waals surface area contributed by atoms with E-state index in [1.165, 1.54) is 18.2 Å². The lowest BCUT2D eigenvalue weighted by atomic mass is 9.95. The van der Waals surface area contributed by atoms with Crippen LogP contribution in [0.3, 0.4) is 0 Å². The van der Waals surface area contributed by atoms with Gasteiger partial charge in [0.2, 0.25) is 5.60 Å². The third kappa shape index (κ3) is 1.12. The van der Waals surface area contributed by atoms with Gasteiger partial charge in [0.15, 0.2) is 0 Å². The van der Waals surface area contributed by atoms with Crippen LogP contribution in [0, 0.1) is 5.82 Å². The quantitative estimate of drug-likeness (QED) is 0.768. The number of carbonyl (C=O) groups is 1. The zero-order chi connectivity index (χ0) is 13.1. The fraction of sp³-hybridized carbons (Fsp3) is 0.167. The third-order valence-corrected chi connectivity index (χ3v) is 3.25. The highest BCUT2D eigenvalue weighted by molar-refractivity contribution is 5.92. The number of hydrogen-bond acceptors (Lipinski definition) is 3. The van der Waals surface area contributed by atoms with E-state index in [4.69, 9.17) is 5.11 Å². The molecule has 0 aliphatic carbocycles. The van der Waals surface area contributed by atoms with E-state index in [1.54, 1.807) is 0 Å². The fourth-order valence-electron chi connectivity index (χ4n) is 2.40. The first-order chi connectivity index (χ1) is 8.45. The summed E-state index contributed by atoms with van der Waals surface area (Å²) < 4.78 is 14.9. The average Bonchev–Trinajstić information content (AvgIpc) is 2.65. The Morgan fingerprint density at radius 3 is 2.67 bits per heavy atom. The molecule has 2 heterocycles. The third-order valence-electron chi connectivity index (χ3n) is 3.25. The number of aliphatic hydroxyl groups is 1. The van der Waals surface area contributed by atoms with Crippen LogP contribution in [0.1, 0.15) is 5.56 Å². The summed E-state index contributed by atoms with van der Waals surface area (Å²) in [6.45, 7) is -0.477. The number of aliphatic carboxylic acids is 1. The number of nitrogens with zero attached hydrogens (tertiary/aromatic N) is 1. The molecule has 1 unspecified atom stereocenters. The maximum Gasteiger partial charge on any atom is 0.342 e. The Kier molecular flexibility index (Phi) is 1.92. The Balaban J connectivity index is 2.54. The van der Waals surface area contributed by atoms with Crippen molar-refractivity contribution in [1.29, 1.82) is 0 Å². The van der Waals surface area contributed by atoms with Crippen LogP contribution in [0.15, 0.2) is 29.1 Å². The molecule has 2 N–H and O–H groups in total. The van der Waals surface area contributed by atoms with E-state index in [0.717, 1.165) is 10.6 Å². The van der Waals surface area contributed by atoms with Gasteiger partial charge in [0, 0.05) is 6.07 Å². The first-order valence-electron chi connectivity index (χ1n) is 5.23. The first-order valence-corrected chi connectivity index (χ1v) is 5.23. The molecule has 1 aliphatic heterocycles. The molecule has 92 valence electrons. The van der Waals surface area contributed by atoms with Gasteiger partial charge in [-0.2, -0.15) is 0 Å². The smallest absolute Gasteiger partial charge is 0.342 e. The van der Waals surface area contributed by atoms with Crippen LogP contribution >= 0.6 is 0 Å². The van der Waals surface area contributed by atoms with E-state index in [9.17, 15) is 19.1 Å². The van der Waals surface area contributed by atoms with Crippen molar-refractivity contribution in [3.63, 3.8) is 0 Å². The van der Waals surface area contributed by atoms with Crippen LogP contribution in [0.2, 0.25) is 0 Å². The standard InChI is InChI=1S/C12H8FNO4/c13-7-3-1-6-2-4-8(15)14-5-12(18,11(16)17)9(7)10(6)14/h1-4,18H,5H2,(H,16,17). The molecule has 0 radical (unpaired) electrons. The van der Waals surface area contributed by atoms with Crippen LogP contribution in [0.25, 0.3) is 10.9 Å². The molecule has 5 nitrogen and oxygen atoms in total. The minimum absolute atomic E-state index is 0.146. The van der Waals surface area contributed by atoms with E-state index in [2.05, 4.69) is 0 Å². The highest BCUT2D eigenvalue weighted by Crippen LogP contribution is 2.37. The van der Waals surface area contributed by atoms with Crippen molar-refractivity contribution in [2.24, 2.45) is 0 Å². The Hall–Kier alpha value is -2.21. The van der Waals surface area contributed by atoms with Crippen molar-refractivity contribution in [2.45, 2.75) is 12.1 Å². The molecule has 0 fully saturated rings. The van der Waals surface area contributed by atoms with Gasteiger partial charge >= 0.3 is 5.97 Å². The van der Waals surface area contributed by atoms with Crippen molar-refractivity contribution in [3.8, 4) is 0 Å². The minimum Gasteiger partial charge on any atom is -0.479 e. The number of carboxylic acids is 1. The predicted octanol–water partition coefficient (Wildman–Crippen LogP) is 0.426. The van der Waals surface area contributed by atoms with Gasteiger partial charge in [-0.3, -0.25) is 4.79 Å². The second-order valence-corrected chi connectivity index (χ2v) is 4.28. The number of rotatable bonds is 1. The summed E-state index contributed by atoms with van der Waals surface area (Å²) in [6.07, 6.45) is 0. The summed E-state index contributed by atoms with van der Waals surface area (Å²) in [6, 6.07) is 5.27. The molecule has 2 aromatic rings. The number of aromatic nitrogens is 1. The van der Waals surface area contributed by atoms with Gasteiger partial charge in [-0.25, -0.2) is 9.18 Å². The predicted molar refractivity (Wildman–Crippen MR) is 59.7 cm³/mol. The van der Waals surface area contributed by atoms with Gasteiger partial charge in [-0.05, 0) is 23.6 Å². The van der Waals surface area contributed by atoms with Crippen LogP contribution in [0.5, 0.6) is 0 Å². The van der Waals surface area contributed by atoms with Crippen LogP contribution in [0.4, 0.5) is 4.39 Å². The van der Waals surface area contributed by atoms with E-state index >= 15 is 0 Å². The Morgan fingerprint density at radius 1 is 1.33 bits per heavy atom. The molecule has 1 atom stereocenters. The molecule has 0 spiro atoms. The van der Waals surface area contributed by atoms with Crippen LogP contribution < -0.4 is 5.56 Å². The molecular weight excluding hydrogens is 241 g/mol. The number of pyridine rings is 1. The van der Waals surface area contributed by atoms with Crippen molar-refractivity contribution in [1.82, 2.24) is 4.57 Å². The first kappa shape index (κ1) is 10.9. The highest BCUT2D eigenvalue weighted by Gasteiger charge is 2.47. The number of carboxylic acid groups (broad SMARTS) is 1. The molecule has 18 heavy (non-hydrogen) atoms. The molecule has 1 aromatic heterocycles. The summed E-state index contributed by atoms with van der Waals surface area (Å²) in [5, 5.41) is 19.7. The molecular formula is C12H8FNO4. The lowest BCUT2D eigenvalue weighted by Crippen LogP contribution is -2.38. The Labute approximate surface area is 99.7 Å². The van der Waals surface area contributed by atoms with E-state index in [0.29, 0.717) is 5.39 Å². The highest BCUT2D eigenvalue weighted by atomic mass is 19.1. The number of benzene rings is 1. The van der Waals surface area contributed by atoms with Gasteiger partial charge in [-0.1, -0.05) is 0 Å². The molecule has 0 amide bonds. The van der Waals surface area contributed by atoms with Crippen molar-refractivity contribution < 1.29 is 19.4 Å². The van der Waals surface area contributed by atoms with E-state index in [1.807, 2.05) is 0 Å². The normalized spacial score (nSPS) is 21.4. The summed E-state index contributed by atoms with van der Waals surface area (Å²) in [4.78, 5) is 22.8. The van der Waals surface area contributed by atoms with E-state index in [-0.39, 0.29) is 11.1 Å². The monoisotopic (exact) mass is 249 g/mol. The van der Waals surface area contributed by atoms with Crippen molar-refractivity contribution in [2.75, 3.05) is 0 Å². The van der Waals surface area contributed by atoms with Gasteiger partial charge in [0.25, 0.3) is 5.56 Å². The zero-order valence-electron chi connectivity index (χ0n) is 9.05. The van der Waals surface area contributed by atoms with Crippen LogP contribution in [-0.2, 0) is 16.9 Å². The molecule has 1 aromatic carbocycles. The largest absolute Gasteiger partial charge is 0.479 e. The molecule has 3 rings (SSSR count). The summed E-state index contributed by atoms with van der Waals surface area (Å²) in [5.41, 5.74) is -3.05. The fourth-order valence-corrected chi connectivity index (χ4v) is 2.40. The van der Waals surface area contributed by atoms with Gasteiger partial charge in [0.05, 0.1) is 17.6 Å². The van der Waals surface area contributed by atoms with Gasteiger partial charge < -0.3 is 14.8 Å². The SMILES string of the molecule is O=C(O)C1(O)Cn2c(=O)ccc3ccc(F)c1c32. The summed E-state index contributed by atoms with van der Waals surface area (Å²) in [5.74, 6) is -2.40.